The second-order valence-electron chi connectivity index (χ2n) is 0. The smallest absolute Gasteiger partial charge is 0 e. The zero-order valence-electron chi connectivity index (χ0n) is 3.27. The van der Waals surface area contributed by atoms with Crippen LogP contribution in [0.4, 0.5) is 0 Å². The van der Waals surface area contributed by atoms with Gasteiger partial charge < -0.3 is 16.4 Å². The average molecular weight is 186 g/mol. The zero-order valence-corrected chi connectivity index (χ0v) is 7.37. The Kier molecular flexibility index (Phi) is 5120. The Balaban J connectivity index is 0. The molecule has 0 aromatic carbocycles. The maximum absolute atomic E-state index is 0. The number of rotatable bonds is 0. The Hall–Kier alpha value is 2.14. The van der Waals surface area contributed by atoms with Gasteiger partial charge in [0.2, 0.25) is 0 Å². The van der Waals surface area contributed by atoms with Crippen LogP contribution in [0.3, 0.4) is 0 Å². The van der Waals surface area contributed by atoms with E-state index in [0.29, 0.717) is 0 Å². The van der Waals surface area contributed by atoms with E-state index in [1.54, 1.807) is 0 Å². The molecule has 3 nitrogen and oxygen atoms in total. The second-order valence-corrected chi connectivity index (χ2v) is 0. The fraction of sp³-hybridized carbons (Fsp3) is 0. The van der Waals surface area contributed by atoms with Gasteiger partial charge in [-0.3, -0.25) is 0 Å². The van der Waals surface area contributed by atoms with Crippen molar-refractivity contribution >= 4 is 74.8 Å². The third-order valence-electron chi connectivity index (χ3n) is 0. The molecule has 0 rings (SSSR count). The van der Waals surface area contributed by atoms with Crippen molar-refractivity contribution in [2.24, 2.45) is 0 Å². The van der Waals surface area contributed by atoms with E-state index in [0.717, 1.165) is 0 Å². The minimum absolute atomic E-state index is 0. The molecule has 0 atom stereocenters. The van der Waals surface area contributed by atoms with E-state index >= 15 is 0 Å². The summed E-state index contributed by atoms with van der Waals surface area (Å²) in [4.78, 5) is 0. The van der Waals surface area contributed by atoms with E-state index < -0.39 is 0 Å². The maximum atomic E-state index is 0. The molecule has 0 N–H and O–H groups in total. The zero-order chi connectivity index (χ0) is 0. The van der Waals surface area contributed by atoms with Crippen LogP contribution in [0, 0.1) is 0 Å². The van der Waals surface area contributed by atoms with Crippen molar-refractivity contribution in [2.45, 2.75) is 0 Å². The van der Waals surface area contributed by atoms with Crippen LogP contribution >= 0.6 is 19.8 Å². The van der Waals surface area contributed by atoms with Crippen LogP contribution in [0.25, 0.3) is 0 Å². The SMILES string of the molecule is [Al+3].[Al+3].[BeH2].[BeH2].[O-2].[O-2].[O-2].[P].[P]. The van der Waals surface area contributed by atoms with Crippen molar-refractivity contribution in [2.75, 3.05) is 0 Å². The quantitative estimate of drug-likeness (QED) is 0.335. The van der Waals surface area contributed by atoms with E-state index in [1.807, 2.05) is 0 Å². The van der Waals surface area contributed by atoms with Gasteiger partial charge in [0.1, 0.15) is 0 Å². The maximum Gasteiger partial charge on any atom is 0 e. The molecule has 0 amide bonds. The molecule has 9 heteroatoms. The fourth-order valence-electron chi connectivity index (χ4n) is 0. The van der Waals surface area contributed by atoms with Crippen LogP contribution in [-0.2, 0) is 16.4 Å². The minimum atomic E-state index is 0. The van der Waals surface area contributed by atoms with Gasteiger partial charge in [-0.05, 0) is 0 Å². The molecule has 0 spiro atoms. The summed E-state index contributed by atoms with van der Waals surface area (Å²) < 4.78 is 0. The van der Waals surface area contributed by atoms with E-state index in [9.17, 15) is 0 Å². The van der Waals surface area contributed by atoms with E-state index in [1.165, 1.54) is 0 Å². The van der Waals surface area contributed by atoms with Crippen LogP contribution in [0.15, 0.2) is 0 Å². The van der Waals surface area contributed by atoms with E-state index in [-0.39, 0.29) is 91.2 Å². The van der Waals surface area contributed by atoms with Crippen molar-refractivity contribution in [3.63, 3.8) is 0 Å². The molecule has 9 heavy (non-hydrogen) atoms. The molecule has 0 saturated heterocycles. The van der Waals surface area contributed by atoms with Gasteiger partial charge >= 0.3 is 55.0 Å². The summed E-state index contributed by atoms with van der Waals surface area (Å²) in [6, 6.07) is 0. The Bertz CT molecular complexity index is 17.8. The minimum Gasteiger partial charge on any atom is -2.00 e. The largest absolute Gasteiger partial charge is 2.00 e. The van der Waals surface area contributed by atoms with Gasteiger partial charge in [0.15, 0.2) is 0 Å². The van der Waals surface area contributed by atoms with Crippen LogP contribution in [0.1, 0.15) is 0 Å². The summed E-state index contributed by atoms with van der Waals surface area (Å²) in [6.07, 6.45) is 0. The van der Waals surface area contributed by atoms with E-state index in [2.05, 4.69) is 0 Å². The molecular formula is H4Al2Be2O3P2. The topological polar surface area (TPSA) is 85.5 Å². The van der Waals surface area contributed by atoms with Crippen LogP contribution < -0.4 is 0 Å². The summed E-state index contributed by atoms with van der Waals surface area (Å²) in [5.74, 6) is 0. The van der Waals surface area contributed by atoms with Gasteiger partial charge in [-0.1, -0.05) is 0 Å². The van der Waals surface area contributed by atoms with Gasteiger partial charge in [0.05, 0.1) is 0 Å². The molecule has 0 bridgehead atoms. The molecule has 0 aliphatic heterocycles. The monoisotopic (exact) mass is 186 g/mol. The molecule has 0 aliphatic carbocycles. The first kappa shape index (κ1) is 250. The van der Waals surface area contributed by atoms with Crippen molar-refractivity contribution in [1.29, 1.82) is 0 Å². The number of hydrogen-bond donors (Lipinski definition) is 0. The van der Waals surface area contributed by atoms with Gasteiger partial charge in [-0.15, -0.1) is 0 Å². The first-order valence-corrected chi connectivity index (χ1v) is 0. The molecule has 0 unspecified atom stereocenters. The molecule has 0 heterocycles. The molecule has 0 fully saturated rings. The summed E-state index contributed by atoms with van der Waals surface area (Å²) in [5.41, 5.74) is 0. The predicted molar refractivity (Wildman–Crippen MR) is 44.5 cm³/mol. The summed E-state index contributed by atoms with van der Waals surface area (Å²) in [6.45, 7) is 0. The molecule has 0 aromatic rings. The molecule has 6 radical (unpaired) electrons. The Morgan fingerprint density at radius 2 is 0.444 bits per heavy atom. The normalized spacial score (nSPS) is 0. The Morgan fingerprint density at radius 1 is 0.444 bits per heavy atom. The van der Waals surface area contributed by atoms with Gasteiger partial charge in [-0.25, -0.2) is 0 Å². The van der Waals surface area contributed by atoms with Crippen LogP contribution in [0.2, 0.25) is 0 Å². The summed E-state index contributed by atoms with van der Waals surface area (Å²) >= 11 is 0. The third kappa shape index (κ3) is 146. The fourth-order valence-corrected chi connectivity index (χ4v) is 0. The molecule has 42 valence electrons. The standard InChI is InChI=1S/2Al.2Be.3O.2P.4H/q2*+3;;;3*-2;;;;;;. The summed E-state index contributed by atoms with van der Waals surface area (Å²) in [7, 11) is 0. The molecule has 0 saturated carbocycles. The molecule has 0 aliphatic rings. The summed E-state index contributed by atoms with van der Waals surface area (Å²) in [5, 5.41) is 0. The average Bonchev–Trinajstić information content (AvgIpc) is 0. The van der Waals surface area contributed by atoms with E-state index in [4.69, 9.17) is 0 Å². The van der Waals surface area contributed by atoms with Gasteiger partial charge in [0.25, 0.3) is 0 Å². The van der Waals surface area contributed by atoms with Crippen molar-refractivity contribution in [3.8, 4) is 0 Å². The first-order valence-electron chi connectivity index (χ1n) is 0. The van der Waals surface area contributed by atoms with Gasteiger partial charge in [0, 0.05) is 19.8 Å². The third-order valence-corrected chi connectivity index (χ3v) is 0. The van der Waals surface area contributed by atoms with Crippen LogP contribution in [0.5, 0.6) is 0 Å². The molecule has 0 aromatic heterocycles. The van der Waals surface area contributed by atoms with Gasteiger partial charge in [-0.2, -0.15) is 0 Å². The van der Waals surface area contributed by atoms with Crippen LogP contribution in [-0.4, -0.2) is 55.0 Å². The van der Waals surface area contributed by atoms with Crippen molar-refractivity contribution in [3.05, 3.63) is 0 Å². The number of hydrogen-bond acceptors (Lipinski definition) is 0. The first-order chi connectivity index (χ1) is 0. The second kappa shape index (κ2) is 185. The van der Waals surface area contributed by atoms with Crippen molar-refractivity contribution < 1.29 is 16.4 Å². The Morgan fingerprint density at radius 3 is 0.444 bits per heavy atom. The molecular weight excluding hydrogens is 182 g/mol. The predicted octanol–water partition coefficient (Wildman–Crippen LogP) is -1.23. The van der Waals surface area contributed by atoms with Crippen molar-refractivity contribution in [1.82, 2.24) is 0 Å². The Labute approximate surface area is 91.0 Å².